The topological polar surface area (TPSA) is 79.5 Å². The van der Waals surface area contributed by atoms with E-state index in [1.807, 2.05) is 29.7 Å². The van der Waals surface area contributed by atoms with Gasteiger partial charge in [0.1, 0.15) is 5.65 Å². The number of aromatic nitrogens is 3. The molecule has 0 aliphatic carbocycles. The Morgan fingerprint density at radius 2 is 1.96 bits per heavy atom. The van der Waals surface area contributed by atoms with Gasteiger partial charge >= 0.3 is 5.97 Å². The van der Waals surface area contributed by atoms with E-state index in [4.69, 9.17) is 0 Å². The number of hydrogen-bond donors (Lipinski definition) is 2. The normalized spacial score (nSPS) is 11.4. The second-order valence-electron chi connectivity index (χ2n) is 6.95. The van der Waals surface area contributed by atoms with Crippen molar-refractivity contribution >= 4 is 34.2 Å². The highest BCUT2D eigenvalue weighted by Crippen LogP contribution is 2.26. The van der Waals surface area contributed by atoms with Gasteiger partial charge in [-0.1, -0.05) is 26.0 Å². The van der Waals surface area contributed by atoms with E-state index in [1.165, 1.54) is 5.56 Å². The van der Waals surface area contributed by atoms with E-state index >= 15 is 0 Å². The molecule has 0 amide bonds. The molecule has 2 N–H and O–H groups in total. The van der Waals surface area contributed by atoms with Crippen LogP contribution in [0.5, 0.6) is 0 Å². The number of nitrogens with zero attached hydrogens (tertiary/aromatic N) is 3. The van der Waals surface area contributed by atoms with Crippen molar-refractivity contribution in [2.24, 2.45) is 0 Å². The molecule has 2 heterocycles. The van der Waals surface area contributed by atoms with Gasteiger partial charge in [0.05, 0.1) is 16.8 Å². The van der Waals surface area contributed by atoms with E-state index in [-0.39, 0.29) is 5.56 Å². The van der Waals surface area contributed by atoms with Crippen molar-refractivity contribution in [2.75, 3.05) is 5.32 Å². The number of rotatable bonds is 4. The second-order valence-corrected chi connectivity index (χ2v) is 6.95. The summed E-state index contributed by atoms with van der Waals surface area (Å²) in [5.41, 5.74) is 4.57. The largest absolute Gasteiger partial charge is 0.478 e. The first-order valence-electron chi connectivity index (χ1n) is 8.82. The molecule has 4 rings (SSSR count). The molecule has 2 aromatic heterocycles. The predicted octanol–water partition coefficient (Wildman–Crippen LogP) is 4.76. The highest BCUT2D eigenvalue weighted by molar-refractivity contribution is 5.98. The molecule has 27 heavy (non-hydrogen) atoms. The Kier molecular flexibility index (Phi) is 4.03. The lowest BCUT2D eigenvalue weighted by Crippen LogP contribution is -2.04. The number of carboxylic acid groups (broad SMARTS) is 1. The summed E-state index contributed by atoms with van der Waals surface area (Å²) in [5.74, 6) is 0.0451. The summed E-state index contributed by atoms with van der Waals surface area (Å²) < 4.78 is 1.90. The molecule has 0 spiro atoms. The number of imidazole rings is 1. The minimum atomic E-state index is -0.975. The van der Waals surface area contributed by atoms with Gasteiger partial charge in [0, 0.05) is 17.3 Å². The first-order valence-corrected chi connectivity index (χ1v) is 8.82. The van der Waals surface area contributed by atoms with Gasteiger partial charge in [-0.25, -0.2) is 14.8 Å². The molecule has 0 saturated heterocycles. The number of nitrogens with one attached hydrogen (secondary N) is 1. The van der Waals surface area contributed by atoms with Crippen LogP contribution in [-0.2, 0) is 0 Å². The summed E-state index contributed by atoms with van der Waals surface area (Å²) in [7, 11) is 0. The minimum Gasteiger partial charge on any atom is -0.478 e. The monoisotopic (exact) mass is 360 g/mol. The van der Waals surface area contributed by atoms with Crippen molar-refractivity contribution in [2.45, 2.75) is 26.7 Å². The number of benzene rings is 2. The Labute approximate surface area is 156 Å². The number of aromatic carboxylic acids is 1. The van der Waals surface area contributed by atoms with Crippen molar-refractivity contribution in [3.05, 3.63) is 65.5 Å². The number of hydrogen-bond acceptors (Lipinski definition) is 4. The summed E-state index contributed by atoms with van der Waals surface area (Å²) in [4.78, 5) is 20.6. The molecular formula is C21H20N4O2. The molecule has 0 atom stereocenters. The molecule has 0 unspecified atom stereocenters. The van der Waals surface area contributed by atoms with Gasteiger partial charge < -0.3 is 10.4 Å². The molecule has 4 aromatic rings. The van der Waals surface area contributed by atoms with Crippen LogP contribution >= 0.6 is 0 Å². The van der Waals surface area contributed by atoms with Crippen LogP contribution in [-0.4, -0.2) is 25.4 Å². The van der Waals surface area contributed by atoms with Gasteiger partial charge in [-0.15, -0.1) is 0 Å². The lowest BCUT2D eigenvalue weighted by atomic mass is 10.0. The molecule has 2 aromatic carbocycles. The number of anilines is 2. The summed E-state index contributed by atoms with van der Waals surface area (Å²) in [5, 5.41) is 13.5. The van der Waals surface area contributed by atoms with Crippen LogP contribution in [0.2, 0.25) is 0 Å². The fourth-order valence-corrected chi connectivity index (χ4v) is 3.16. The Hall–Kier alpha value is -3.41. The van der Waals surface area contributed by atoms with E-state index in [0.29, 0.717) is 17.4 Å². The van der Waals surface area contributed by atoms with Crippen LogP contribution in [0.25, 0.3) is 16.6 Å². The quantitative estimate of drug-likeness (QED) is 0.549. The van der Waals surface area contributed by atoms with Gasteiger partial charge in [-0.05, 0) is 48.7 Å². The van der Waals surface area contributed by atoms with Crippen molar-refractivity contribution in [3.63, 3.8) is 0 Å². The lowest BCUT2D eigenvalue weighted by molar-refractivity contribution is 0.0697. The molecule has 136 valence electrons. The minimum absolute atomic E-state index is 0.204. The lowest BCUT2D eigenvalue weighted by Gasteiger charge is -2.12. The number of fused-ring (bicyclic) bond motifs is 3. The summed E-state index contributed by atoms with van der Waals surface area (Å²) in [6, 6.07) is 13.1. The maximum Gasteiger partial charge on any atom is 0.335 e. The summed E-state index contributed by atoms with van der Waals surface area (Å²) in [6.45, 7) is 6.23. The highest BCUT2D eigenvalue weighted by Gasteiger charge is 2.13. The van der Waals surface area contributed by atoms with Crippen LogP contribution in [0.15, 0.2) is 48.7 Å². The summed E-state index contributed by atoms with van der Waals surface area (Å²) in [6.07, 6.45) is 1.92. The average molecular weight is 360 g/mol. The van der Waals surface area contributed by atoms with Crippen molar-refractivity contribution < 1.29 is 9.90 Å². The SMILES string of the molecule is Cc1cn2c(Nc3cccc(C(C)C)c3)nc3cc(C(=O)O)ccc3c2n1. The van der Waals surface area contributed by atoms with Gasteiger partial charge in [-0.3, -0.25) is 4.40 Å². The van der Waals surface area contributed by atoms with E-state index < -0.39 is 5.97 Å². The molecule has 0 aliphatic rings. The van der Waals surface area contributed by atoms with E-state index in [2.05, 4.69) is 41.3 Å². The second kappa shape index (κ2) is 6.39. The third kappa shape index (κ3) is 3.10. The molecule has 0 fully saturated rings. The molecule has 0 aliphatic heterocycles. The third-order valence-corrected chi connectivity index (χ3v) is 4.58. The van der Waals surface area contributed by atoms with Gasteiger partial charge in [0.25, 0.3) is 0 Å². The average Bonchev–Trinajstić information content (AvgIpc) is 3.03. The zero-order valence-electron chi connectivity index (χ0n) is 15.4. The van der Waals surface area contributed by atoms with Crippen molar-refractivity contribution in [3.8, 4) is 0 Å². The van der Waals surface area contributed by atoms with Gasteiger partial charge in [0.15, 0.2) is 0 Å². The number of carboxylic acids is 1. The maximum atomic E-state index is 11.3. The molecule has 6 nitrogen and oxygen atoms in total. The Morgan fingerprint density at radius 3 is 2.70 bits per heavy atom. The standard InChI is InChI=1S/C21H20N4O2/c1-12(2)14-5-4-6-16(9-14)23-21-24-18-10-15(20(26)27)7-8-17(18)19-22-13(3)11-25(19)21/h4-12H,1-3H3,(H,23,24)(H,26,27). The molecular weight excluding hydrogens is 340 g/mol. The zero-order valence-corrected chi connectivity index (χ0v) is 15.4. The highest BCUT2D eigenvalue weighted by atomic mass is 16.4. The molecule has 6 heteroatoms. The fraction of sp³-hybridized carbons (Fsp3) is 0.190. The molecule has 0 saturated carbocycles. The van der Waals surface area contributed by atoms with Gasteiger partial charge in [-0.2, -0.15) is 0 Å². The van der Waals surface area contributed by atoms with E-state index in [9.17, 15) is 9.90 Å². The van der Waals surface area contributed by atoms with Crippen LogP contribution in [0.4, 0.5) is 11.6 Å². The summed E-state index contributed by atoms with van der Waals surface area (Å²) >= 11 is 0. The van der Waals surface area contributed by atoms with Crippen LogP contribution in [0, 0.1) is 6.92 Å². The number of aryl methyl sites for hydroxylation is 1. The maximum absolute atomic E-state index is 11.3. The number of carbonyl (C=O) groups is 1. The fourth-order valence-electron chi connectivity index (χ4n) is 3.16. The van der Waals surface area contributed by atoms with Crippen LogP contribution < -0.4 is 5.32 Å². The van der Waals surface area contributed by atoms with Crippen LogP contribution in [0.3, 0.4) is 0 Å². The molecule has 0 radical (unpaired) electrons. The third-order valence-electron chi connectivity index (χ3n) is 4.58. The Bertz CT molecular complexity index is 1180. The van der Waals surface area contributed by atoms with E-state index in [1.54, 1.807) is 18.2 Å². The molecule has 0 bridgehead atoms. The van der Waals surface area contributed by atoms with Crippen molar-refractivity contribution in [1.82, 2.24) is 14.4 Å². The van der Waals surface area contributed by atoms with Gasteiger partial charge in [0.2, 0.25) is 5.95 Å². The Morgan fingerprint density at radius 1 is 1.15 bits per heavy atom. The van der Waals surface area contributed by atoms with Crippen LogP contribution in [0.1, 0.15) is 41.4 Å². The van der Waals surface area contributed by atoms with Crippen molar-refractivity contribution in [1.29, 1.82) is 0 Å². The zero-order chi connectivity index (χ0) is 19.1. The Balaban J connectivity index is 1.90. The predicted molar refractivity (Wildman–Crippen MR) is 106 cm³/mol. The van der Waals surface area contributed by atoms with E-state index in [0.717, 1.165) is 22.4 Å². The smallest absolute Gasteiger partial charge is 0.335 e. The first kappa shape index (κ1) is 17.0. The first-order chi connectivity index (χ1) is 12.9.